The summed E-state index contributed by atoms with van der Waals surface area (Å²) < 4.78 is 19.4. The van der Waals surface area contributed by atoms with Gasteiger partial charge < -0.3 is 13.3 Å². The number of fused-ring (bicyclic) bond motifs is 9. The third-order valence-corrected chi connectivity index (χ3v) is 20.7. The molecule has 20 aromatic rings. The molecule has 15 aromatic carbocycles. The lowest BCUT2D eigenvalue weighted by Gasteiger charge is -2.15. The summed E-state index contributed by atoms with van der Waals surface area (Å²) >= 11 is 0. The maximum Gasteiger partial charge on any atom is 0.153 e. The SMILES string of the molecule is c1ccc(-c2cccc(-c3cccc(-c4cccc(-c5cccc(-c6cccc(-c7cccc(-c8cc(-c9cccc(-c%10cccc(-c%11ccc%12oc%13ccccc%13c%12c%11)c%10)c9)cc(-c9cc(-c%10cccc(-c%11ccc%12oc%13cccnc%13c%12c%11)c%10)cc%10c9oc9cccnc9%10)c8)c7)c6)c5)c4)c3)c2)cc1. The summed E-state index contributed by atoms with van der Waals surface area (Å²) in [6.45, 7) is 0. The van der Waals surface area contributed by atoms with Crippen molar-refractivity contribution in [1.29, 1.82) is 0 Å². The molecule has 5 nitrogen and oxygen atoms in total. The third kappa shape index (κ3) is 11.4. The predicted molar refractivity (Wildman–Crippen MR) is 435 cm³/mol. The van der Waals surface area contributed by atoms with E-state index in [1.165, 1.54) is 33.4 Å². The molecule has 0 atom stereocenters. The Balaban J connectivity index is 0.675. The first-order valence-corrected chi connectivity index (χ1v) is 35.6. The van der Waals surface area contributed by atoms with Crippen LogP contribution in [0.2, 0.25) is 0 Å². The summed E-state index contributed by atoms with van der Waals surface area (Å²) in [7, 11) is 0. The Morgan fingerprint density at radius 2 is 0.429 bits per heavy atom. The van der Waals surface area contributed by atoms with Gasteiger partial charge in [-0.05, 0) is 279 Å². The third-order valence-electron chi connectivity index (χ3n) is 20.7. The maximum absolute atomic E-state index is 6.98. The first kappa shape index (κ1) is 60.9. The molecule has 0 spiro atoms. The van der Waals surface area contributed by atoms with Crippen molar-refractivity contribution in [2.75, 3.05) is 0 Å². The molecule has 0 saturated carbocycles. The van der Waals surface area contributed by atoms with Gasteiger partial charge >= 0.3 is 0 Å². The molecule has 5 heterocycles. The standard InChI is InChI=1S/C100H62N2O3/c1-2-17-63(18-3-1)64-19-6-20-65(47-64)66-21-7-22-67(48-66)68-23-8-24-69(49-68)70-25-9-26-71(50-70)72-27-10-28-73(51-72)75-30-12-34-79(53-75)84-56-85(80-35-13-31-76(54-80)74-29-11-32-77(52-74)82-41-43-94-90(59-82)88-37-4-5-38-93(88)103-94)58-87(57-84)89-61-86(62-92-99-97(105-100(89)92)40-16-46-102-99)81-36-14-33-78(55-81)83-42-44-95-91(60-83)98-96(104-95)39-15-45-101-98/h1-62H. The Morgan fingerprint density at radius 3 is 0.867 bits per heavy atom. The lowest BCUT2D eigenvalue weighted by molar-refractivity contribution is 0.668. The second-order valence-corrected chi connectivity index (χ2v) is 27.2. The van der Waals surface area contributed by atoms with E-state index in [9.17, 15) is 0 Å². The number of pyridine rings is 2. The number of hydrogen-bond acceptors (Lipinski definition) is 5. The van der Waals surface area contributed by atoms with Crippen LogP contribution in [0.4, 0.5) is 0 Å². The van der Waals surface area contributed by atoms with E-state index in [1.54, 1.807) is 0 Å². The minimum Gasteiger partial charge on any atom is -0.456 e. The fourth-order valence-electron chi connectivity index (χ4n) is 15.4. The van der Waals surface area contributed by atoms with Crippen LogP contribution in [0.25, 0.3) is 211 Å². The van der Waals surface area contributed by atoms with Crippen LogP contribution in [0.5, 0.6) is 0 Å². The lowest BCUT2D eigenvalue weighted by atomic mass is 9.89. The molecule has 490 valence electrons. The van der Waals surface area contributed by atoms with E-state index in [-0.39, 0.29) is 0 Å². The molecule has 0 N–H and O–H groups in total. The molecule has 0 aliphatic heterocycles. The van der Waals surface area contributed by atoms with Gasteiger partial charge in [-0.2, -0.15) is 0 Å². The second kappa shape index (κ2) is 25.6. The van der Waals surface area contributed by atoms with Crippen LogP contribution < -0.4 is 0 Å². The fraction of sp³-hybridized carbons (Fsp3) is 0. The molecular weight excluding hydrogens is 1280 g/mol. The number of nitrogens with zero attached hydrogens (tertiary/aromatic N) is 2. The second-order valence-electron chi connectivity index (χ2n) is 27.2. The highest BCUT2D eigenvalue weighted by Crippen LogP contribution is 2.45. The van der Waals surface area contributed by atoms with E-state index in [2.05, 4.69) is 328 Å². The van der Waals surface area contributed by atoms with Gasteiger partial charge in [0.05, 0.1) is 0 Å². The monoisotopic (exact) mass is 1340 g/mol. The van der Waals surface area contributed by atoms with E-state index in [4.69, 9.17) is 23.2 Å². The molecule has 0 aliphatic carbocycles. The van der Waals surface area contributed by atoms with Crippen LogP contribution >= 0.6 is 0 Å². The zero-order chi connectivity index (χ0) is 69.3. The molecule has 0 aliphatic rings. The number of aromatic nitrogens is 2. The maximum atomic E-state index is 6.98. The Hall–Kier alpha value is -14.0. The van der Waals surface area contributed by atoms with Crippen molar-refractivity contribution >= 4 is 66.1 Å². The molecule has 5 heteroatoms. The van der Waals surface area contributed by atoms with Crippen LogP contribution in [0, 0.1) is 0 Å². The number of para-hydroxylation sites is 1. The van der Waals surface area contributed by atoms with Gasteiger partial charge in [-0.1, -0.05) is 224 Å². The van der Waals surface area contributed by atoms with E-state index in [0.717, 1.165) is 177 Å². The van der Waals surface area contributed by atoms with Crippen molar-refractivity contribution in [3.63, 3.8) is 0 Å². The van der Waals surface area contributed by atoms with Crippen molar-refractivity contribution in [3.05, 3.63) is 376 Å². The molecule has 0 radical (unpaired) electrons. The Morgan fingerprint density at radius 1 is 0.152 bits per heavy atom. The van der Waals surface area contributed by atoms with E-state index in [0.29, 0.717) is 0 Å². The summed E-state index contributed by atoms with van der Waals surface area (Å²) in [5.74, 6) is 0. The molecule has 5 aromatic heterocycles. The fourth-order valence-corrected chi connectivity index (χ4v) is 15.4. The average Bonchev–Trinajstić information content (AvgIpc) is 1.66. The normalized spacial score (nSPS) is 11.6. The van der Waals surface area contributed by atoms with Crippen molar-refractivity contribution in [2.45, 2.75) is 0 Å². The van der Waals surface area contributed by atoms with Gasteiger partial charge in [0.15, 0.2) is 11.2 Å². The molecule has 0 unspecified atom stereocenters. The summed E-state index contributed by atoms with van der Waals surface area (Å²) in [4.78, 5) is 9.68. The molecule has 105 heavy (non-hydrogen) atoms. The largest absolute Gasteiger partial charge is 0.456 e. The first-order chi connectivity index (χ1) is 51.9. The lowest BCUT2D eigenvalue weighted by Crippen LogP contribution is -1.90. The van der Waals surface area contributed by atoms with Crippen molar-refractivity contribution in [2.24, 2.45) is 0 Å². The smallest absolute Gasteiger partial charge is 0.153 e. The average molecular weight is 1340 g/mol. The van der Waals surface area contributed by atoms with Gasteiger partial charge in [0.1, 0.15) is 33.4 Å². The topological polar surface area (TPSA) is 65.2 Å². The Labute approximate surface area is 606 Å². The highest BCUT2D eigenvalue weighted by molar-refractivity contribution is 6.11. The number of rotatable bonds is 13. The van der Waals surface area contributed by atoms with Crippen LogP contribution in [0.15, 0.2) is 390 Å². The molecular formula is C100H62N2O3. The van der Waals surface area contributed by atoms with Crippen molar-refractivity contribution in [3.8, 4) is 145 Å². The zero-order valence-corrected chi connectivity index (χ0v) is 56.9. The summed E-state index contributed by atoms with van der Waals surface area (Å²) in [5, 5.41) is 4.15. The highest BCUT2D eigenvalue weighted by Gasteiger charge is 2.21. The van der Waals surface area contributed by atoms with Gasteiger partial charge in [-0.15, -0.1) is 0 Å². The van der Waals surface area contributed by atoms with Crippen LogP contribution in [0.1, 0.15) is 0 Å². The number of hydrogen-bond donors (Lipinski definition) is 0. The van der Waals surface area contributed by atoms with Crippen LogP contribution in [-0.2, 0) is 0 Å². The first-order valence-electron chi connectivity index (χ1n) is 35.6. The van der Waals surface area contributed by atoms with Gasteiger partial charge in [0, 0.05) is 39.5 Å². The van der Waals surface area contributed by atoms with E-state index < -0.39 is 0 Å². The van der Waals surface area contributed by atoms with E-state index in [1.807, 2.05) is 48.8 Å². The van der Waals surface area contributed by atoms with E-state index >= 15 is 0 Å². The number of benzene rings is 15. The summed E-state index contributed by atoms with van der Waals surface area (Å²) in [6.07, 6.45) is 3.67. The molecule has 0 saturated heterocycles. The van der Waals surface area contributed by atoms with Crippen molar-refractivity contribution in [1.82, 2.24) is 9.97 Å². The molecule has 20 rings (SSSR count). The quantitative estimate of drug-likeness (QED) is 0.115. The number of furan rings is 3. The molecule has 0 fully saturated rings. The van der Waals surface area contributed by atoms with Gasteiger partial charge in [0.25, 0.3) is 0 Å². The Kier molecular flexibility index (Phi) is 14.8. The molecule has 0 amide bonds. The molecule has 0 bridgehead atoms. The van der Waals surface area contributed by atoms with Gasteiger partial charge in [-0.3, -0.25) is 9.97 Å². The van der Waals surface area contributed by atoms with Gasteiger partial charge in [0.2, 0.25) is 0 Å². The van der Waals surface area contributed by atoms with Crippen LogP contribution in [-0.4, -0.2) is 9.97 Å². The zero-order valence-electron chi connectivity index (χ0n) is 56.9. The summed E-state index contributed by atoms with van der Waals surface area (Å²) in [5.41, 5.74) is 35.6. The minimum absolute atomic E-state index is 0.730. The summed E-state index contributed by atoms with van der Waals surface area (Å²) in [6, 6.07) is 131. The minimum atomic E-state index is 0.730. The van der Waals surface area contributed by atoms with Crippen molar-refractivity contribution < 1.29 is 13.3 Å². The van der Waals surface area contributed by atoms with Crippen LogP contribution in [0.3, 0.4) is 0 Å². The highest BCUT2D eigenvalue weighted by atomic mass is 16.3. The van der Waals surface area contributed by atoms with Gasteiger partial charge in [-0.25, -0.2) is 0 Å². The predicted octanol–water partition coefficient (Wildman–Crippen LogP) is 27.8. The Bertz CT molecular complexity index is 6810.